The van der Waals surface area contributed by atoms with Gasteiger partial charge in [-0.3, -0.25) is 9.69 Å². The number of carboxylic acid groups (broad SMARTS) is 1. The number of benzene rings is 1. The summed E-state index contributed by atoms with van der Waals surface area (Å²) in [6.45, 7) is 4.15. The molecule has 1 aliphatic heterocycles. The van der Waals surface area contributed by atoms with Gasteiger partial charge in [0.05, 0.1) is 35.9 Å². The van der Waals surface area contributed by atoms with E-state index in [0.717, 1.165) is 66.6 Å². The van der Waals surface area contributed by atoms with Crippen molar-refractivity contribution in [3.05, 3.63) is 23.5 Å². The van der Waals surface area contributed by atoms with E-state index >= 15 is 0 Å². The second kappa shape index (κ2) is 10.4. The largest absolute Gasteiger partial charge is 0.481 e. The Morgan fingerprint density at radius 2 is 1.78 bits per heavy atom. The lowest BCUT2D eigenvalue weighted by molar-refractivity contribution is -0.143. The molecule has 36 heavy (non-hydrogen) atoms. The third-order valence-corrected chi connectivity index (χ3v) is 8.58. The average molecular weight is 498 g/mol. The Balaban J connectivity index is 1.56. The molecule has 2 aromatic rings. The highest BCUT2D eigenvalue weighted by Gasteiger charge is 2.35. The number of carbonyl (C=O) groups is 2. The van der Waals surface area contributed by atoms with Crippen LogP contribution in [0.25, 0.3) is 11.0 Å². The van der Waals surface area contributed by atoms with E-state index in [1.807, 2.05) is 6.07 Å². The smallest absolute Gasteiger partial charge is 0.414 e. The van der Waals surface area contributed by atoms with E-state index in [1.165, 1.54) is 26.4 Å². The van der Waals surface area contributed by atoms with Crippen LogP contribution in [0.4, 0.5) is 10.5 Å². The summed E-state index contributed by atoms with van der Waals surface area (Å²) in [6, 6.07) is 4.36. The summed E-state index contributed by atoms with van der Waals surface area (Å²) in [5.74, 6) is -0.0338. The molecule has 8 nitrogen and oxygen atoms in total. The van der Waals surface area contributed by atoms with Gasteiger partial charge in [0.15, 0.2) is 0 Å². The first kappa shape index (κ1) is 25.1. The van der Waals surface area contributed by atoms with Crippen LogP contribution in [0.1, 0.15) is 102 Å². The van der Waals surface area contributed by atoms with Crippen LogP contribution in [-0.2, 0) is 20.7 Å². The Hall–Kier alpha value is -2.61. The minimum atomic E-state index is -0.691. The first-order chi connectivity index (χ1) is 17.4. The zero-order chi connectivity index (χ0) is 25.4. The Labute approximate surface area is 213 Å². The number of methoxy groups -OCH3 is 1. The molecule has 0 unspecified atom stereocenters. The molecular weight excluding hydrogens is 458 g/mol. The molecule has 1 amide bonds. The van der Waals surface area contributed by atoms with Crippen LogP contribution in [-0.4, -0.2) is 46.0 Å². The summed E-state index contributed by atoms with van der Waals surface area (Å²) in [6.07, 6.45) is 10.3. The van der Waals surface area contributed by atoms with E-state index in [2.05, 4.69) is 24.5 Å². The minimum Gasteiger partial charge on any atom is -0.481 e. The molecule has 3 aliphatic rings. The maximum atomic E-state index is 12.6. The van der Waals surface area contributed by atoms with Gasteiger partial charge in [-0.15, -0.1) is 0 Å². The molecule has 8 heteroatoms. The third kappa shape index (κ3) is 4.60. The number of hydrogen-bond donors (Lipinski definition) is 1. The van der Waals surface area contributed by atoms with Crippen molar-refractivity contribution in [3.8, 4) is 0 Å². The lowest BCUT2D eigenvalue weighted by Crippen LogP contribution is -2.42. The van der Waals surface area contributed by atoms with Crippen molar-refractivity contribution in [2.24, 2.45) is 5.92 Å². The number of ether oxygens (including phenoxy) is 2. The monoisotopic (exact) mass is 497 g/mol. The maximum absolute atomic E-state index is 12.6. The van der Waals surface area contributed by atoms with Crippen molar-refractivity contribution in [2.75, 3.05) is 12.0 Å². The molecule has 0 radical (unpaired) electrons. The highest BCUT2D eigenvalue weighted by molar-refractivity contribution is 5.95. The number of imidazole rings is 1. The summed E-state index contributed by atoms with van der Waals surface area (Å²) in [4.78, 5) is 31.1. The van der Waals surface area contributed by atoms with Gasteiger partial charge in [-0.05, 0) is 77.3 Å². The second-order valence-electron chi connectivity index (χ2n) is 10.9. The van der Waals surface area contributed by atoms with Gasteiger partial charge in [0.1, 0.15) is 11.9 Å². The Morgan fingerprint density at radius 1 is 1.06 bits per heavy atom. The van der Waals surface area contributed by atoms with Crippen LogP contribution >= 0.6 is 0 Å². The van der Waals surface area contributed by atoms with Crippen LogP contribution in [0.3, 0.4) is 0 Å². The summed E-state index contributed by atoms with van der Waals surface area (Å²) >= 11 is 0. The molecule has 2 aliphatic carbocycles. The predicted octanol–water partition coefficient (Wildman–Crippen LogP) is 6.17. The molecule has 2 fully saturated rings. The van der Waals surface area contributed by atoms with Gasteiger partial charge in [0, 0.05) is 17.6 Å². The van der Waals surface area contributed by atoms with E-state index in [9.17, 15) is 14.7 Å². The van der Waals surface area contributed by atoms with Crippen LogP contribution < -0.4 is 4.90 Å². The van der Waals surface area contributed by atoms with Gasteiger partial charge in [-0.1, -0.05) is 19.3 Å². The van der Waals surface area contributed by atoms with Crippen LogP contribution in [0.15, 0.2) is 12.1 Å². The molecule has 2 atom stereocenters. The van der Waals surface area contributed by atoms with Gasteiger partial charge < -0.3 is 19.1 Å². The average Bonchev–Trinajstić information content (AvgIpc) is 3.29. The number of hydrogen-bond acceptors (Lipinski definition) is 5. The predicted molar refractivity (Wildman–Crippen MR) is 137 cm³/mol. The Kier molecular flexibility index (Phi) is 7.24. The molecule has 1 aromatic heterocycles. The Morgan fingerprint density at radius 3 is 2.44 bits per heavy atom. The maximum Gasteiger partial charge on any atom is 0.414 e. The van der Waals surface area contributed by atoms with Crippen LogP contribution in [0.2, 0.25) is 0 Å². The number of rotatable bonds is 5. The number of fused-ring (bicyclic) bond motifs is 3. The highest BCUT2D eigenvalue weighted by Crippen LogP contribution is 2.42. The number of aryl methyl sites for hydroxylation is 1. The molecule has 0 bridgehead atoms. The molecule has 196 valence electrons. The number of anilines is 1. The number of nitrogens with zero attached hydrogens (tertiary/aromatic N) is 3. The van der Waals surface area contributed by atoms with Crippen molar-refractivity contribution >= 4 is 28.8 Å². The molecular formula is C28H39N3O5. The van der Waals surface area contributed by atoms with Crippen molar-refractivity contribution < 1.29 is 24.2 Å². The molecule has 0 saturated heterocycles. The van der Waals surface area contributed by atoms with Gasteiger partial charge in [0.25, 0.3) is 0 Å². The van der Waals surface area contributed by atoms with Gasteiger partial charge >= 0.3 is 12.1 Å². The van der Waals surface area contributed by atoms with Crippen molar-refractivity contribution in [1.29, 1.82) is 0 Å². The van der Waals surface area contributed by atoms with Crippen LogP contribution in [0.5, 0.6) is 0 Å². The van der Waals surface area contributed by atoms with E-state index in [-0.39, 0.29) is 36.3 Å². The van der Waals surface area contributed by atoms with Crippen molar-refractivity contribution in [3.63, 3.8) is 0 Å². The second-order valence-corrected chi connectivity index (χ2v) is 10.9. The van der Waals surface area contributed by atoms with E-state index < -0.39 is 5.97 Å². The molecule has 1 N–H and O–H groups in total. The van der Waals surface area contributed by atoms with E-state index in [0.29, 0.717) is 12.8 Å². The van der Waals surface area contributed by atoms with Gasteiger partial charge in [0.2, 0.25) is 0 Å². The van der Waals surface area contributed by atoms with Crippen LogP contribution in [0, 0.1) is 5.92 Å². The number of amides is 1. The van der Waals surface area contributed by atoms with Gasteiger partial charge in [-0.2, -0.15) is 0 Å². The fraction of sp³-hybridized carbons (Fsp3) is 0.679. The lowest BCUT2D eigenvalue weighted by atomic mass is 9.85. The summed E-state index contributed by atoms with van der Waals surface area (Å²) in [5.41, 5.74) is 3.95. The highest BCUT2D eigenvalue weighted by atomic mass is 16.5. The van der Waals surface area contributed by atoms with E-state index in [4.69, 9.17) is 14.5 Å². The summed E-state index contributed by atoms with van der Waals surface area (Å²) in [5, 5.41) is 9.51. The first-order valence-electron chi connectivity index (χ1n) is 13.7. The summed E-state index contributed by atoms with van der Waals surface area (Å²) < 4.78 is 14.0. The topological polar surface area (TPSA) is 93.9 Å². The quantitative estimate of drug-likeness (QED) is 0.531. The minimum absolute atomic E-state index is 0.0591. The van der Waals surface area contributed by atoms with Crippen molar-refractivity contribution in [1.82, 2.24) is 9.55 Å². The molecule has 0 spiro atoms. The SMILES string of the molecule is COC(=O)N1c2ccc3c(nc([C@H](C)OC4CCCCC4)n3C3CCC(C(=O)O)CC3)c2CC[C@@H]1C. The zero-order valence-electron chi connectivity index (χ0n) is 21.7. The summed E-state index contributed by atoms with van der Waals surface area (Å²) in [7, 11) is 1.42. The molecule has 2 heterocycles. The van der Waals surface area contributed by atoms with E-state index in [1.54, 1.807) is 4.90 Å². The van der Waals surface area contributed by atoms with Gasteiger partial charge in [-0.25, -0.2) is 9.78 Å². The fourth-order valence-corrected chi connectivity index (χ4v) is 6.60. The number of aromatic nitrogens is 2. The number of carbonyl (C=O) groups excluding carboxylic acids is 1. The standard InChI is InChI=1S/C28H39N3O5/c1-17-9-14-22-23(30(17)28(34)35-3)15-16-24-25(22)29-26(18(2)36-21-7-5-4-6-8-21)31(24)20-12-10-19(11-13-20)27(32)33/h15-21H,4-14H2,1-3H3,(H,32,33)/t17-,18-,19?,20?/m0/s1. The molecule has 5 rings (SSSR count). The normalized spacial score (nSPS) is 26.0. The number of carboxylic acids is 1. The fourth-order valence-electron chi connectivity index (χ4n) is 6.60. The first-order valence-corrected chi connectivity index (χ1v) is 13.7. The molecule has 1 aromatic carbocycles. The number of aliphatic carboxylic acids is 1. The van der Waals surface area contributed by atoms with Crippen molar-refractivity contribution in [2.45, 2.75) is 109 Å². The lowest BCUT2D eigenvalue weighted by Gasteiger charge is -2.34. The Bertz CT molecular complexity index is 1110. The zero-order valence-corrected chi connectivity index (χ0v) is 21.7. The molecule has 2 saturated carbocycles. The third-order valence-electron chi connectivity index (χ3n) is 8.58.